The van der Waals surface area contributed by atoms with Crippen molar-refractivity contribution in [1.82, 2.24) is 25.0 Å². The van der Waals surface area contributed by atoms with Gasteiger partial charge in [-0.25, -0.2) is 4.98 Å². The van der Waals surface area contributed by atoms with Gasteiger partial charge in [-0.05, 0) is 30.2 Å². The van der Waals surface area contributed by atoms with E-state index in [0.717, 1.165) is 5.56 Å². The Morgan fingerprint density at radius 1 is 1.09 bits per heavy atom. The number of morpholine rings is 1. The summed E-state index contributed by atoms with van der Waals surface area (Å²) < 4.78 is 5.52. The molecular formula is C23H21N5O4. The van der Waals surface area contributed by atoms with E-state index in [1.165, 1.54) is 17.3 Å². The van der Waals surface area contributed by atoms with Gasteiger partial charge in [0.25, 0.3) is 17.7 Å². The van der Waals surface area contributed by atoms with Crippen LogP contribution in [0.15, 0.2) is 54.9 Å². The molecule has 1 N–H and O–H groups in total. The molecule has 0 aliphatic carbocycles. The highest BCUT2D eigenvalue weighted by Gasteiger charge is 2.37. The van der Waals surface area contributed by atoms with Crippen LogP contribution in [0.3, 0.4) is 0 Å². The van der Waals surface area contributed by atoms with Crippen molar-refractivity contribution in [2.45, 2.75) is 12.5 Å². The fraction of sp³-hybridized carbons (Fsp3) is 0.261. The van der Waals surface area contributed by atoms with Crippen molar-refractivity contribution < 1.29 is 19.1 Å². The van der Waals surface area contributed by atoms with Crippen LogP contribution in [0.2, 0.25) is 0 Å². The van der Waals surface area contributed by atoms with Crippen molar-refractivity contribution in [1.29, 1.82) is 0 Å². The Morgan fingerprint density at radius 3 is 2.69 bits per heavy atom. The number of aromatic amines is 1. The molecule has 0 saturated carbocycles. The number of carbonyl (C=O) groups is 3. The minimum absolute atomic E-state index is 0.250. The van der Waals surface area contributed by atoms with E-state index in [0.29, 0.717) is 43.1 Å². The largest absolute Gasteiger partial charge is 0.377 e. The van der Waals surface area contributed by atoms with E-state index >= 15 is 0 Å². The molecular weight excluding hydrogens is 410 g/mol. The molecule has 0 spiro atoms. The second-order valence-corrected chi connectivity index (χ2v) is 7.72. The molecule has 162 valence electrons. The molecule has 1 saturated heterocycles. The number of amides is 3. The average Bonchev–Trinajstić information content (AvgIpc) is 3.45. The lowest BCUT2D eigenvalue weighted by Gasteiger charge is -2.34. The number of nitrogens with zero attached hydrogens (tertiary/aromatic N) is 4. The normalized spacial score (nSPS) is 18.2. The van der Waals surface area contributed by atoms with Gasteiger partial charge in [0, 0.05) is 18.7 Å². The summed E-state index contributed by atoms with van der Waals surface area (Å²) in [6.07, 6.45) is 1.96. The summed E-state index contributed by atoms with van der Waals surface area (Å²) in [7, 11) is 0. The van der Waals surface area contributed by atoms with E-state index < -0.39 is 6.04 Å². The molecule has 3 aromatic rings. The van der Waals surface area contributed by atoms with Crippen LogP contribution in [-0.2, 0) is 11.2 Å². The summed E-state index contributed by atoms with van der Waals surface area (Å²) >= 11 is 0. The number of carbonyl (C=O) groups excluding carboxylic acids is 3. The number of benzene rings is 2. The van der Waals surface area contributed by atoms with Crippen LogP contribution in [0, 0.1) is 0 Å². The van der Waals surface area contributed by atoms with Crippen molar-refractivity contribution in [2.75, 3.05) is 26.3 Å². The van der Waals surface area contributed by atoms with E-state index in [9.17, 15) is 14.4 Å². The molecule has 0 bridgehead atoms. The predicted molar refractivity (Wildman–Crippen MR) is 113 cm³/mol. The molecule has 3 amide bonds. The molecule has 1 unspecified atom stereocenters. The van der Waals surface area contributed by atoms with Gasteiger partial charge >= 0.3 is 0 Å². The summed E-state index contributed by atoms with van der Waals surface area (Å²) in [5.41, 5.74) is 1.98. The minimum Gasteiger partial charge on any atom is -0.377 e. The molecule has 32 heavy (non-hydrogen) atoms. The quantitative estimate of drug-likeness (QED) is 0.618. The molecule has 9 heteroatoms. The number of aromatic nitrogens is 3. The minimum atomic E-state index is -0.397. The lowest BCUT2D eigenvalue weighted by atomic mass is 10.0. The molecule has 2 aromatic carbocycles. The van der Waals surface area contributed by atoms with E-state index in [1.54, 1.807) is 17.0 Å². The number of rotatable bonds is 5. The summed E-state index contributed by atoms with van der Waals surface area (Å²) in [6, 6.07) is 14.0. The van der Waals surface area contributed by atoms with Crippen LogP contribution >= 0.6 is 0 Å². The zero-order valence-electron chi connectivity index (χ0n) is 17.2. The topological polar surface area (TPSA) is 108 Å². The van der Waals surface area contributed by atoms with E-state index in [1.807, 2.05) is 30.3 Å². The number of fused-ring (bicyclic) bond motifs is 1. The molecule has 1 atom stereocenters. The van der Waals surface area contributed by atoms with Crippen molar-refractivity contribution in [2.24, 2.45) is 0 Å². The highest BCUT2D eigenvalue weighted by molar-refractivity contribution is 6.22. The van der Waals surface area contributed by atoms with Crippen LogP contribution < -0.4 is 0 Å². The van der Waals surface area contributed by atoms with Gasteiger partial charge in [-0.15, -0.1) is 0 Å². The van der Waals surface area contributed by atoms with Crippen molar-refractivity contribution >= 4 is 17.7 Å². The van der Waals surface area contributed by atoms with Crippen LogP contribution in [0.1, 0.15) is 48.5 Å². The maximum atomic E-state index is 13.3. The standard InChI is InChI=1S/C23H21N5O4/c29-21(27-10-11-32-13-19(27)20-24-14-25-26-20)16-6-7-17-18(12-16)23(31)28(22(17)30)9-8-15-4-2-1-3-5-15/h1-7,12,14,19H,8-11,13H2,(H,24,25,26). The average molecular weight is 431 g/mol. The Kier molecular flexibility index (Phi) is 5.24. The fourth-order valence-electron chi connectivity index (χ4n) is 4.13. The zero-order chi connectivity index (χ0) is 22.1. The van der Waals surface area contributed by atoms with Crippen LogP contribution in [0.4, 0.5) is 0 Å². The highest BCUT2D eigenvalue weighted by atomic mass is 16.5. The second kappa shape index (κ2) is 8.35. The fourth-order valence-corrected chi connectivity index (χ4v) is 4.13. The van der Waals surface area contributed by atoms with Crippen molar-refractivity contribution in [3.05, 3.63) is 82.9 Å². The lowest BCUT2D eigenvalue weighted by molar-refractivity contribution is -0.00512. The third-order valence-corrected chi connectivity index (χ3v) is 5.82. The number of ether oxygens (including phenoxy) is 1. The first kappa shape index (κ1) is 20.1. The smallest absolute Gasteiger partial charge is 0.261 e. The molecule has 3 heterocycles. The van der Waals surface area contributed by atoms with Gasteiger partial charge < -0.3 is 9.64 Å². The van der Waals surface area contributed by atoms with Crippen LogP contribution in [0.5, 0.6) is 0 Å². The molecule has 2 aliphatic rings. The summed E-state index contributed by atoms with van der Waals surface area (Å²) in [4.78, 5) is 46.1. The molecule has 1 fully saturated rings. The van der Waals surface area contributed by atoms with Gasteiger partial charge in [-0.3, -0.25) is 24.4 Å². The van der Waals surface area contributed by atoms with Gasteiger partial charge in [0.2, 0.25) is 0 Å². The van der Waals surface area contributed by atoms with Gasteiger partial charge in [0.05, 0.1) is 24.3 Å². The Morgan fingerprint density at radius 2 is 1.91 bits per heavy atom. The number of H-pyrrole nitrogens is 1. The van der Waals surface area contributed by atoms with E-state index in [2.05, 4.69) is 15.2 Å². The Hall–Kier alpha value is -3.85. The van der Waals surface area contributed by atoms with Crippen molar-refractivity contribution in [3.8, 4) is 0 Å². The molecule has 5 rings (SSSR count). The number of imide groups is 1. The first-order valence-corrected chi connectivity index (χ1v) is 10.4. The number of hydrogen-bond donors (Lipinski definition) is 1. The maximum Gasteiger partial charge on any atom is 0.261 e. The van der Waals surface area contributed by atoms with Gasteiger partial charge in [0.15, 0.2) is 0 Å². The Bertz CT molecular complexity index is 1160. The molecule has 0 radical (unpaired) electrons. The van der Waals surface area contributed by atoms with Gasteiger partial charge in [-0.2, -0.15) is 5.10 Å². The first-order valence-electron chi connectivity index (χ1n) is 10.4. The Labute approximate surface area is 184 Å². The predicted octanol–water partition coefficient (Wildman–Crippen LogP) is 1.86. The van der Waals surface area contributed by atoms with Crippen LogP contribution in [0.25, 0.3) is 0 Å². The first-order chi connectivity index (χ1) is 15.6. The van der Waals surface area contributed by atoms with E-state index in [4.69, 9.17) is 4.74 Å². The summed E-state index contributed by atoms with van der Waals surface area (Å²) in [5, 5.41) is 6.65. The highest BCUT2D eigenvalue weighted by Crippen LogP contribution is 2.27. The molecule has 9 nitrogen and oxygen atoms in total. The third kappa shape index (κ3) is 3.56. The second-order valence-electron chi connectivity index (χ2n) is 7.72. The third-order valence-electron chi connectivity index (χ3n) is 5.82. The molecule has 1 aromatic heterocycles. The van der Waals surface area contributed by atoms with Crippen LogP contribution in [-0.4, -0.2) is 69.0 Å². The SMILES string of the molecule is O=C1c2ccc(C(=O)N3CCOCC3c3ncn[nH]3)cc2C(=O)N1CCc1ccccc1. The van der Waals surface area contributed by atoms with Gasteiger partial charge in [0.1, 0.15) is 18.2 Å². The lowest BCUT2D eigenvalue weighted by Crippen LogP contribution is -2.43. The summed E-state index contributed by atoms with van der Waals surface area (Å²) in [6.45, 7) is 1.39. The summed E-state index contributed by atoms with van der Waals surface area (Å²) in [5.74, 6) is -0.409. The Balaban J connectivity index is 1.36. The number of hydrogen-bond acceptors (Lipinski definition) is 6. The van der Waals surface area contributed by atoms with Gasteiger partial charge in [-0.1, -0.05) is 30.3 Å². The van der Waals surface area contributed by atoms with Crippen molar-refractivity contribution in [3.63, 3.8) is 0 Å². The van der Waals surface area contributed by atoms with E-state index in [-0.39, 0.29) is 29.8 Å². The zero-order valence-corrected chi connectivity index (χ0v) is 17.2. The number of nitrogens with one attached hydrogen (secondary N) is 1. The molecule has 2 aliphatic heterocycles. The monoisotopic (exact) mass is 431 g/mol. The maximum absolute atomic E-state index is 13.3.